The van der Waals surface area contributed by atoms with Crippen LogP contribution in [0.25, 0.3) is 0 Å². The second kappa shape index (κ2) is 5.42. The molecule has 0 unspecified atom stereocenters. The van der Waals surface area contributed by atoms with Crippen molar-refractivity contribution in [1.29, 1.82) is 0 Å². The van der Waals surface area contributed by atoms with E-state index in [9.17, 15) is 0 Å². The van der Waals surface area contributed by atoms with Crippen LogP contribution in [-0.4, -0.2) is 23.4 Å². The lowest BCUT2D eigenvalue weighted by Gasteiger charge is -2.36. The van der Waals surface area contributed by atoms with Gasteiger partial charge in [-0.3, -0.25) is 0 Å². The zero-order valence-electron chi connectivity index (χ0n) is 13.5. The highest BCUT2D eigenvalue weighted by Crippen LogP contribution is 2.43. The van der Waals surface area contributed by atoms with Gasteiger partial charge in [-0.25, -0.2) is 0 Å². The Balaban J connectivity index is 1.79. The molecule has 2 heterocycles. The van der Waals surface area contributed by atoms with Gasteiger partial charge in [0.1, 0.15) is 0 Å². The molecule has 1 saturated heterocycles. The molecule has 23 heavy (non-hydrogen) atoms. The molecule has 0 spiro atoms. The summed E-state index contributed by atoms with van der Waals surface area (Å²) < 4.78 is 11.3. The largest absolute Gasteiger partial charge is 0.381 e. The van der Waals surface area contributed by atoms with Crippen LogP contribution in [0.15, 0.2) is 28.8 Å². The molecule has 1 aromatic carbocycles. The fourth-order valence-electron chi connectivity index (χ4n) is 3.83. The summed E-state index contributed by atoms with van der Waals surface area (Å²) in [4.78, 5) is 4.76. The Kier molecular flexibility index (Phi) is 3.50. The zero-order chi connectivity index (χ0) is 15.9. The first-order valence-corrected chi connectivity index (χ1v) is 8.42. The summed E-state index contributed by atoms with van der Waals surface area (Å²) in [6.45, 7) is 3.56. The topological polar surface area (TPSA) is 74.2 Å². The molecule has 2 aromatic rings. The maximum Gasteiger partial charge on any atom is 0.237 e. The Morgan fingerprint density at radius 2 is 1.83 bits per heavy atom. The molecule has 4 rings (SSSR count). The van der Waals surface area contributed by atoms with Crippen LogP contribution in [0.4, 0.5) is 0 Å². The average Bonchev–Trinajstić information content (AvgIpc) is 3.04. The highest BCUT2D eigenvalue weighted by molar-refractivity contribution is 5.38. The molecule has 0 radical (unpaired) electrons. The standard InChI is InChI=1S/C18H23N3O2/c1-13-5-2-3-6-14(13)17(9-11-22-12-10-17)16-20-15(21-23-16)18(19)7-4-8-18/h2-3,5-6H,4,7-12,19H2,1H3. The number of hydrogen-bond donors (Lipinski definition) is 1. The van der Waals surface area contributed by atoms with Crippen molar-refractivity contribution in [3.63, 3.8) is 0 Å². The first kappa shape index (κ1) is 14.8. The first-order chi connectivity index (χ1) is 11.1. The number of hydrogen-bond acceptors (Lipinski definition) is 5. The minimum atomic E-state index is -0.389. The van der Waals surface area contributed by atoms with E-state index in [1.807, 2.05) is 0 Å². The van der Waals surface area contributed by atoms with E-state index in [4.69, 9.17) is 20.0 Å². The first-order valence-electron chi connectivity index (χ1n) is 8.42. The third-order valence-electron chi connectivity index (χ3n) is 5.53. The Morgan fingerprint density at radius 1 is 1.09 bits per heavy atom. The van der Waals surface area contributed by atoms with Gasteiger partial charge in [-0.15, -0.1) is 0 Å². The Labute approximate surface area is 136 Å². The fourth-order valence-corrected chi connectivity index (χ4v) is 3.83. The van der Waals surface area contributed by atoms with Crippen LogP contribution in [0.5, 0.6) is 0 Å². The molecular formula is C18H23N3O2. The Bertz CT molecular complexity index is 700. The number of benzene rings is 1. The molecule has 1 aliphatic heterocycles. The van der Waals surface area contributed by atoms with Crippen molar-refractivity contribution >= 4 is 0 Å². The van der Waals surface area contributed by atoms with Crippen molar-refractivity contribution in [2.75, 3.05) is 13.2 Å². The summed E-state index contributed by atoms with van der Waals surface area (Å²) in [6, 6.07) is 8.45. The maximum atomic E-state index is 6.37. The number of rotatable bonds is 3. The fraction of sp³-hybridized carbons (Fsp3) is 0.556. The van der Waals surface area contributed by atoms with Crippen molar-refractivity contribution < 1.29 is 9.26 Å². The van der Waals surface area contributed by atoms with Crippen molar-refractivity contribution in [1.82, 2.24) is 10.1 Å². The van der Waals surface area contributed by atoms with Crippen molar-refractivity contribution in [3.05, 3.63) is 47.1 Å². The smallest absolute Gasteiger partial charge is 0.237 e. The second-order valence-corrected chi connectivity index (χ2v) is 6.94. The van der Waals surface area contributed by atoms with E-state index in [-0.39, 0.29) is 11.0 Å². The van der Waals surface area contributed by atoms with Gasteiger partial charge >= 0.3 is 0 Å². The van der Waals surface area contributed by atoms with Gasteiger partial charge in [0.25, 0.3) is 0 Å². The summed E-state index contributed by atoms with van der Waals surface area (Å²) in [5.74, 6) is 1.36. The van der Waals surface area contributed by atoms with E-state index in [0.29, 0.717) is 24.9 Å². The molecule has 2 N–H and O–H groups in total. The summed E-state index contributed by atoms with van der Waals surface area (Å²) in [5, 5.41) is 4.23. The van der Waals surface area contributed by atoms with Gasteiger partial charge in [-0.2, -0.15) is 4.98 Å². The van der Waals surface area contributed by atoms with Crippen LogP contribution in [0.2, 0.25) is 0 Å². The van der Waals surface area contributed by atoms with Crippen LogP contribution >= 0.6 is 0 Å². The summed E-state index contributed by atoms with van der Waals surface area (Å²) in [5.41, 5.74) is 8.24. The van der Waals surface area contributed by atoms with E-state index in [1.54, 1.807) is 0 Å². The van der Waals surface area contributed by atoms with Crippen LogP contribution in [0.3, 0.4) is 0 Å². The van der Waals surface area contributed by atoms with Gasteiger partial charge in [0.2, 0.25) is 5.89 Å². The third-order valence-corrected chi connectivity index (χ3v) is 5.53. The summed E-state index contributed by atoms with van der Waals surface area (Å²) in [6.07, 6.45) is 4.73. The lowest BCUT2D eigenvalue weighted by molar-refractivity contribution is 0.0521. The molecule has 0 atom stereocenters. The zero-order valence-corrected chi connectivity index (χ0v) is 13.5. The normalized spacial score (nSPS) is 22.5. The van der Waals surface area contributed by atoms with E-state index < -0.39 is 0 Å². The molecule has 0 amide bonds. The van der Waals surface area contributed by atoms with Crippen molar-refractivity contribution in [3.8, 4) is 0 Å². The number of aryl methyl sites for hydroxylation is 1. The third kappa shape index (κ3) is 2.30. The van der Waals surface area contributed by atoms with Gasteiger partial charge in [-0.1, -0.05) is 29.4 Å². The number of nitrogens with two attached hydrogens (primary N) is 1. The van der Waals surface area contributed by atoms with Gasteiger partial charge in [0.05, 0.1) is 11.0 Å². The lowest BCUT2D eigenvalue weighted by atomic mass is 9.72. The van der Waals surface area contributed by atoms with E-state index in [1.165, 1.54) is 11.1 Å². The molecule has 5 nitrogen and oxygen atoms in total. The van der Waals surface area contributed by atoms with Crippen LogP contribution in [0.1, 0.15) is 54.9 Å². The van der Waals surface area contributed by atoms with Gasteiger partial charge in [0.15, 0.2) is 5.82 Å². The average molecular weight is 313 g/mol. The predicted octanol–water partition coefficient (Wildman–Crippen LogP) is 2.81. The van der Waals surface area contributed by atoms with Crippen LogP contribution in [0, 0.1) is 6.92 Å². The molecule has 2 aliphatic rings. The molecule has 0 bridgehead atoms. The molecular weight excluding hydrogens is 290 g/mol. The van der Waals surface area contributed by atoms with Gasteiger partial charge in [0, 0.05) is 13.2 Å². The van der Waals surface area contributed by atoms with Crippen molar-refractivity contribution in [2.24, 2.45) is 5.73 Å². The second-order valence-electron chi connectivity index (χ2n) is 6.94. The van der Waals surface area contributed by atoms with E-state index >= 15 is 0 Å². The minimum Gasteiger partial charge on any atom is -0.381 e. The Morgan fingerprint density at radius 3 is 2.48 bits per heavy atom. The molecule has 1 aliphatic carbocycles. The molecule has 1 aromatic heterocycles. The minimum absolute atomic E-state index is 0.255. The summed E-state index contributed by atoms with van der Waals surface area (Å²) >= 11 is 0. The Hall–Kier alpha value is -1.72. The number of ether oxygens (including phenoxy) is 1. The molecule has 5 heteroatoms. The quantitative estimate of drug-likeness (QED) is 0.943. The van der Waals surface area contributed by atoms with Crippen LogP contribution in [-0.2, 0) is 15.7 Å². The monoisotopic (exact) mass is 313 g/mol. The highest BCUT2D eigenvalue weighted by Gasteiger charge is 2.45. The van der Waals surface area contributed by atoms with E-state index in [2.05, 4.69) is 36.3 Å². The summed E-state index contributed by atoms with van der Waals surface area (Å²) in [7, 11) is 0. The SMILES string of the molecule is Cc1ccccc1C1(c2nc(C3(N)CCC3)no2)CCOCC1. The van der Waals surface area contributed by atoms with Crippen molar-refractivity contribution in [2.45, 2.75) is 50.0 Å². The van der Waals surface area contributed by atoms with Gasteiger partial charge in [-0.05, 0) is 50.2 Å². The number of aromatic nitrogens is 2. The molecule has 1 saturated carbocycles. The van der Waals surface area contributed by atoms with E-state index in [0.717, 1.165) is 32.1 Å². The molecule has 2 fully saturated rings. The maximum absolute atomic E-state index is 6.37. The van der Waals surface area contributed by atoms with Crippen LogP contribution < -0.4 is 5.73 Å². The lowest BCUT2D eigenvalue weighted by Crippen LogP contribution is -2.44. The number of nitrogens with zero attached hydrogens (tertiary/aromatic N) is 2. The van der Waals surface area contributed by atoms with Gasteiger partial charge < -0.3 is 15.0 Å². The highest BCUT2D eigenvalue weighted by atomic mass is 16.5. The molecule has 122 valence electrons. The predicted molar refractivity (Wildman–Crippen MR) is 86.0 cm³/mol.